The van der Waals surface area contributed by atoms with Crippen LogP contribution in [0.2, 0.25) is 5.82 Å². The minimum Gasteiger partial charge on any atom is -0.405 e. The van der Waals surface area contributed by atoms with Crippen molar-refractivity contribution in [3.63, 3.8) is 0 Å². The summed E-state index contributed by atoms with van der Waals surface area (Å²) in [6, 6.07) is 0. The molecular formula is C14H22BClO2. The van der Waals surface area contributed by atoms with Gasteiger partial charge in [0, 0.05) is 10.8 Å². The van der Waals surface area contributed by atoms with Crippen LogP contribution in [0.3, 0.4) is 0 Å². The van der Waals surface area contributed by atoms with Crippen molar-refractivity contribution in [2.24, 2.45) is 17.3 Å². The molecule has 1 heterocycles. The largest absolute Gasteiger partial charge is 0.466 e. The standard InChI is InChI=1S/C14H22BClO2/c1-8(9(2)16)15-17-12-7-10-6-11(13(10,3)4)14(12,5)18-15/h8,10-12H,2,6-7H2,1,3-5H3/t8-,10-,11-,12+,14-/m0/s1. The lowest BCUT2D eigenvalue weighted by Crippen LogP contribution is -2.65. The van der Waals surface area contributed by atoms with Crippen molar-refractivity contribution in [1.82, 2.24) is 0 Å². The Morgan fingerprint density at radius 2 is 2.06 bits per heavy atom. The van der Waals surface area contributed by atoms with Crippen LogP contribution in [-0.4, -0.2) is 18.8 Å². The monoisotopic (exact) mass is 268 g/mol. The zero-order valence-corrected chi connectivity index (χ0v) is 12.5. The number of halogens is 1. The van der Waals surface area contributed by atoms with Gasteiger partial charge in [-0.25, -0.2) is 0 Å². The number of rotatable bonds is 2. The summed E-state index contributed by atoms with van der Waals surface area (Å²) < 4.78 is 12.4. The fourth-order valence-corrected chi connectivity index (χ4v) is 4.36. The van der Waals surface area contributed by atoms with E-state index in [9.17, 15) is 0 Å². The van der Waals surface area contributed by atoms with Gasteiger partial charge in [-0.1, -0.05) is 39.0 Å². The van der Waals surface area contributed by atoms with Gasteiger partial charge in [0.1, 0.15) is 0 Å². The van der Waals surface area contributed by atoms with Crippen LogP contribution in [0.25, 0.3) is 0 Å². The molecule has 4 fully saturated rings. The molecule has 1 saturated heterocycles. The van der Waals surface area contributed by atoms with Crippen LogP contribution in [0, 0.1) is 17.3 Å². The van der Waals surface area contributed by atoms with Crippen LogP contribution in [0.1, 0.15) is 40.5 Å². The van der Waals surface area contributed by atoms with E-state index >= 15 is 0 Å². The van der Waals surface area contributed by atoms with Crippen LogP contribution in [-0.2, 0) is 9.31 Å². The highest BCUT2D eigenvalue weighted by Crippen LogP contribution is 2.66. The summed E-state index contributed by atoms with van der Waals surface area (Å²) >= 11 is 6.00. The van der Waals surface area contributed by atoms with E-state index in [4.69, 9.17) is 20.9 Å². The molecule has 0 unspecified atom stereocenters. The Labute approximate surface area is 115 Å². The Kier molecular flexibility index (Phi) is 2.73. The minimum atomic E-state index is -0.222. The highest BCUT2D eigenvalue weighted by atomic mass is 35.5. The van der Waals surface area contributed by atoms with Gasteiger partial charge in [0.2, 0.25) is 0 Å². The van der Waals surface area contributed by atoms with Crippen molar-refractivity contribution < 1.29 is 9.31 Å². The Bertz CT molecular complexity index is 397. The molecule has 5 atom stereocenters. The van der Waals surface area contributed by atoms with Crippen molar-refractivity contribution in [3.05, 3.63) is 11.6 Å². The van der Waals surface area contributed by atoms with Crippen LogP contribution >= 0.6 is 11.6 Å². The molecule has 0 aromatic carbocycles. The van der Waals surface area contributed by atoms with Crippen molar-refractivity contribution in [1.29, 1.82) is 0 Å². The average molecular weight is 269 g/mol. The molecule has 1 aliphatic heterocycles. The third-order valence-electron chi connectivity index (χ3n) is 5.87. The van der Waals surface area contributed by atoms with Gasteiger partial charge in [-0.05, 0) is 37.0 Å². The Morgan fingerprint density at radius 3 is 2.61 bits per heavy atom. The first-order valence-corrected chi connectivity index (χ1v) is 7.32. The predicted octanol–water partition coefficient (Wildman–Crippen LogP) is 3.86. The lowest BCUT2D eigenvalue weighted by atomic mass is 9.43. The number of hydrogen-bond acceptors (Lipinski definition) is 2. The molecule has 4 aliphatic rings. The molecule has 4 heteroatoms. The molecular weight excluding hydrogens is 246 g/mol. The highest BCUT2D eigenvalue weighted by molar-refractivity contribution is 6.51. The average Bonchev–Trinajstić information content (AvgIpc) is 2.63. The second-order valence-electron chi connectivity index (χ2n) is 7.07. The summed E-state index contributed by atoms with van der Waals surface area (Å²) in [5.74, 6) is 1.45. The van der Waals surface area contributed by atoms with E-state index in [-0.39, 0.29) is 24.6 Å². The molecule has 0 aromatic heterocycles. The normalized spacial score (nSPS) is 46.3. The first-order chi connectivity index (χ1) is 8.26. The lowest BCUT2D eigenvalue weighted by Gasteiger charge is -2.64. The van der Waals surface area contributed by atoms with Gasteiger partial charge < -0.3 is 9.31 Å². The molecule has 0 radical (unpaired) electrons. The Hall–Kier alpha value is 0.0149. The fraction of sp³-hybridized carbons (Fsp3) is 0.857. The zero-order valence-electron chi connectivity index (χ0n) is 11.7. The first-order valence-electron chi connectivity index (χ1n) is 6.94. The topological polar surface area (TPSA) is 18.5 Å². The predicted molar refractivity (Wildman–Crippen MR) is 74.5 cm³/mol. The van der Waals surface area contributed by atoms with Crippen molar-refractivity contribution in [2.45, 2.75) is 58.1 Å². The summed E-state index contributed by atoms with van der Waals surface area (Å²) in [6.07, 6.45) is 2.64. The lowest BCUT2D eigenvalue weighted by molar-refractivity contribution is -0.199. The quantitative estimate of drug-likeness (QED) is 0.708. The smallest absolute Gasteiger partial charge is 0.405 e. The van der Waals surface area contributed by atoms with E-state index in [1.165, 1.54) is 6.42 Å². The molecule has 0 amide bonds. The molecule has 2 bridgehead atoms. The van der Waals surface area contributed by atoms with E-state index < -0.39 is 0 Å². The molecule has 4 rings (SSSR count). The molecule has 0 aromatic rings. The van der Waals surface area contributed by atoms with Crippen molar-refractivity contribution in [2.75, 3.05) is 0 Å². The van der Waals surface area contributed by atoms with E-state index in [1.54, 1.807) is 0 Å². The first kappa shape index (κ1) is 13.0. The van der Waals surface area contributed by atoms with Gasteiger partial charge in [0.25, 0.3) is 0 Å². The Balaban J connectivity index is 1.83. The van der Waals surface area contributed by atoms with Gasteiger partial charge in [-0.2, -0.15) is 0 Å². The minimum absolute atomic E-state index is 0.0504. The molecule has 3 saturated carbocycles. The maximum atomic E-state index is 6.29. The van der Waals surface area contributed by atoms with Gasteiger partial charge in [-0.3, -0.25) is 0 Å². The second-order valence-corrected chi connectivity index (χ2v) is 7.56. The SMILES string of the molecule is C=C(Cl)[C@H](C)B1O[C@@H]2C[C@@H]3C[C@@H](C3(C)C)[C@]2(C)O1. The van der Waals surface area contributed by atoms with Crippen LogP contribution in [0.5, 0.6) is 0 Å². The summed E-state index contributed by atoms with van der Waals surface area (Å²) in [7, 11) is -0.222. The van der Waals surface area contributed by atoms with E-state index in [2.05, 4.69) is 27.4 Å². The van der Waals surface area contributed by atoms with Crippen LogP contribution in [0.4, 0.5) is 0 Å². The molecule has 0 spiro atoms. The van der Waals surface area contributed by atoms with Crippen molar-refractivity contribution >= 4 is 18.7 Å². The third kappa shape index (κ3) is 1.50. The van der Waals surface area contributed by atoms with Crippen molar-refractivity contribution in [3.8, 4) is 0 Å². The van der Waals surface area contributed by atoms with Gasteiger partial charge >= 0.3 is 7.12 Å². The molecule has 2 nitrogen and oxygen atoms in total. The van der Waals surface area contributed by atoms with Crippen LogP contribution < -0.4 is 0 Å². The fourth-order valence-electron chi connectivity index (χ4n) is 4.26. The van der Waals surface area contributed by atoms with Crippen LogP contribution in [0.15, 0.2) is 11.6 Å². The molecule has 0 N–H and O–H groups in total. The zero-order chi connectivity index (χ0) is 13.3. The maximum Gasteiger partial charge on any atom is 0.466 e. The molecule has 18 heavy (non-hydrogen) atoms. The van der Waals surface area contributed by atoms with Gasteiger partial charge in [0.05, 0.1) is 11.7 Å². The molecule has 3 aliphatic carbocycles. The summed E-state index contributed by atoms with van der Waals surface area (Å²) in [5, 5.41) is 0.619. The van der Waals surface area contributed by atoms with E-state index in [0.29, 0.717) is 16.4 Å². The molecule has 100 valence electrons. The summed E-state index contributed by atoms with van der Waals surface area (Å²) in [5.41, 5.74) is 0.258. The maximum absolute atomic E-state index is 6.29. The van der Waals surface area contributed by atoms with E-state index in [0.717, 1.165) is 12.3 Å². The van der Waals surface area contributed by atoms with Gasteiger partial charge in [-0.15, -0.1) is 0 Å². The number of hydrogen-bond donors (Lipinski definition) is 0. The number of allylic oxidation sites excluding steroid dienone is 1. The van der Waals surface area contributed by atoms with Gasteiger partial charge in [0.15, 0.2) is 0 Å². The third-order valence-corrected chi connectivity index (χ3v) is 6.22. The Morgan fingerprint density at radius 1 is 1.39 bits per heavy atom. The summed E-state index contributed by atoms with van der Waals surface area (Å²) in [4.78, 5) is 0. The second kappa shape index (κ2) is 3.77. The summed E-state index contributed by atoms with van der Waals surface area (Å²) in [6.45, 7) is 12.8. The van der Waals surface area contributed by atoms with E-state index in [1.807, 2.05) is 6.92 Å². The highest BCUT2D eigenvalue weighted by Gasteiger charge is 2.68.